The van der Waals surface area contributed by atoms with E-state index in [1.807, 2.05) is 32.2 Å². The molecular weight excluding hydrogens is 218 g/mol. The summed E-state index contributed by atoms with van der Waals surface area (Å²) < 4.78 is 0. The Bertz CT molecular complexity index is 376. The van der Waals surface area contributed by atoms with Crippen molar-refractivity contribution >= 4 is 11.6 Å². The summed E-state index contributed by atoms with van der Waals surface area (Å²) in [4.78, 5) is 0. The van der Waals surface area contributed by atoms with Crippen molar-refractivity contribution in [3.8, 4) is 11.8 Å². The van der Waals surface area contributed by atoms with Gasteiger partial charge in [-0.25, -0.2) is 0 Å². The van der Waals surface area contributed by atoms with Gasteiger partial charge in [0.15, 0.2) is 0 Å². The number of nitrogens with one attached hydrogen (secondary N) is 1. The molecule has 0 amide bonds. The van der Waals surface area contributed by atoms with Gasteiger partial charge in [-0.05, 0) is 44.5 Å². The average Bonchev–Trinajstić information content (AvgIpc) is 2.28. The second-order valence-corrected chi connectivity index (χ2v) is 4.22. The van der Waals surface area contributed by atoms with Crippen molar-refractivity contribution in [2.75, 3.05) is 7.05 Å². The summed E-state index contributed by atoms with van der Waals surface area (Å²) in [5.41, 5.74) is 1.27. The second-order valence-electron chi connectivity index (χ2n) is 3.79. The predicted molar refractivity (Wildman–Crippen MR) is 70.7 cm³/mol. The Kier molecular flexibility index (Phi) is 6.00. The van der Waals surface area contributed by atoms with Crippen LogP contribution in [0.5, 0.6) is 0 Å². The molecule has 1 unspecified atom stereocenters. The van der Waals surface area contributed by atoms with Gasteiger partial charge in [0, 0.05) is 17.5 Å². The monoisotopic (exact) mass is 235 g/mol. The SMILES string of the molecule is CC#CCCC(Cc1cccc(Cl)c1)NC. The van der Waals surface area contributed by atoms with Gasteiger partial charge in [-0.1, -0.05) is 23.7 Å². The third-order valence-corrected chi connectivity index (χ3v) is 2.81. The molecule has 0 radical (unpaired) electrons. The molecule has 0 aromatic heterocycles. The van der Waals surface area contributed by atoms with Crippen LogP contribution in [0.4, 0.5) is 0 Å². The number of halogens is 1. The van der Waals surface area contributed by atoms with Crippen LogP contribution in [0.15, 0.2) is 24.3 Å². The molecule has 0 aliphatic carbocycles. The summed E-state index contributed by atoms with van der Waals surface area (Å²) in [7, 11) is 1.99. The van der Waals surface area contributed by atoms with Crippen LogP contribution < -0.4 is 5.32 Å². The normalized spacial score (nSPS) is 11.7. The van der Waals surface area contributed by atoms with Crippen LogP contribution in [0, 0.1) is 11.8 Å². The Morgan fingerprint density at radius 1 is 1.44 bits per heavy atom. The number of rotatable bonds is 5. The lowest BCUT2D eigenvalue weighted by Crippen LogP contribution is -2.27. The maximum Gasteiger partial charge on any atom is 0.0408 e. The van der Waals surface area contributed by atoms with Crippen molar-refractivity contribution in [3.05, 3.63) is 34.9 Å². The van der Waals surface area contributed by atoms with Crippen LogP contribution in [-0.4, -0.2) is 13.1 Å². The molecule has 86 valence electrons. The van der Waals surface area contributed by atoms with E-state index in [4.69, 9.17) is 11.6 Å². The summed E-state index contributed by atoms with van der Waals surface area (Å²) in [5.74, 6) is 6.02. The Morgan fingerprint density at radius 3 is 2.88 bits per heavy atom. The molecule has 0 heterocycles. The zero-order valence-electron chi connectivity index (χ0n) is 9.89. The summed E-state index contributed by atoms with van der Waals surface area (Å²) in [5, 5.41) is 4.12. The Balaban J connectivity index is 2.51. The number of likely N-dealkylation sites (N-methyl/N-ethyl adjacent to an activating group) is 1. The zero-order valence-corrected chi connectivity index (χ0v) is 10.6. The van der Waals surface area contributed by atoms with Crippen molar-refractivity contribution in [3.63, 3.8) is 0 Å². The summed E-state index contributed by atoms with van der Waals surface area (Å²) in [6, 6.07) is 8.51. The van der Waals surface area contributed by atoms with E-state index in [1.165, 1.54) is 5.56 Å². The summed E-state index contributed by atoms with van der Waals surface area (Å²) >= 11 is 5.96. The van der Waals surface area contributed by atoms with E-state index in [2.05, 4.69) is 23.2 Å². The molecule has 0 aliphatic rings. The van der Waals surface area contributed by atoms with E-state index >= 15 is 0 Å². The van der Waals surface area contributed by atoms with Crippen molar-refractivity contribution < 1.29 is 0 Å². The minimum atomic E-state index is 0.472. The maximum absolute atomic E-state index is 5.96. The molecule has 0 saturated carbocycles. The topological polar surface area (TPSA) is 12.0 Å². The molecule has 0 fully saturated rings. The van der Waals surface area contributed by atoms with E-state index in [0.717, 1.165) is 24.3 Å². The van der Waals surface area contributed by atoms with Gasteiger partial charge in [-0.15, -0.1) is 11.8 Å². The molecule has 2 heteroatoms. The minimum Gasteiger partial charge on any atom is -0.317 e. The molecule has 0 aliphatic heterocycles. The van der Waals surface area contributed by atoms with Gasteiger partial charge in [-0.3, -0.25) is 0 Å². The molecule has 16 heavy (non-hydrogen) atoms. The van der Waals surface area contributed by atoms with E-state index < -0.39 is 0 Å². The van der Waals surface area contributed by atoms with Gasteiger partial charge in [0.25, 0.3) is 0 Å². The largest absolute Gasteiger partial charge is 0.317 e. The van der Waals surface area contributed by atoms with Gasteiger partial charge in [0.1, 0.15) is 0 Å². The van der Waals surface area contributed by atoms with E-state index in [0.29, 0.717) is 6.04 Å². The number of benzene rings is 1. The quantitative estimate of drug-likeness (QED) is 0.773. The van der Waals surface area contributed by atoms with Crippen LogP contribution in [0.25, 0.3) is 0 Å². The highest BCUT2D eigenvalue weighted by Crippen LogP contribution is 2.13. The van der Waals surface area contributed by atoms with Gasteiger partial charge in [0.05, 0.1) is 0 Å². The molecule has 1 atom stereocenters. The average molecular weight is 236 g/mol. The third kappa shape index (κ3) is 4.70. The Morgan fingerprint density at radius 2 is 2.25 bits per heavy atom. The Labute approximate surface area is 103 Å². The Hall–Kier alpha value is -0.970. The van der Waals surface area contributed by atoms with Crippen LogP contribution in [0.3, 0.4) is 0 Å². The first-order valence-electron chi connectivity index (χ1n) is 5.57. The van der Waals surface area contributed by atoms with Crippen LogP contribution in [0.2, 0.25) is 5.02 Å². The van der Waals surface area contributed by atoms with E-state index in [9.17, 15) is 0 Å². The van der Waals surface area contributed by atoms with E-state index in [1.54, 1.807) is 0 Å². The molecule has 1 aromatic carbocycles. The number of hydrogen-bond acceptors (Lipinski definition) is 1. The molecule has 0 bridgehead atoms. The smallest absolute Gasteiger partial charge is 0.0408 e. The minimum absolute atomic E-state index is 0.472. The molecule has 1 nitrogen and oxygen atoms in total. The zero-order chi connectivity index (χ0) is 11.8. The van der Waals surface area contributed by atoms with Crippen LogP contribution >= 0.6 is 11.6 Å². The third-order valence-electron chi connectivity index (χ3n) is 2.57. The van der Waals surface area contributed by atoms with Gasteiger partial charge in [-0.2, -0.15) is 0 Å². The molecule has 0 saturated heterocycles. The highest BCUT2D eigenvalue weighted by atomic mass is 35.5. The number of hydrogen-bond donors (Lipinski definition) is 1. The van der Waals surface area contributed by atoms with Gasteiger partial charge < -0.3 is 5.32 Å². The van der Waals surface area contributed by atoms with Crippen LogP contribution in [-0.2, 0) is 6.42 Å². The van der Waals surface area contributed by atoms with Gasteiger partial charge in [0.2, 0.25) is 0 Å². The highest BCUT2D eigenvalue weighted by Gasteiger charge is 2.06. The highest BCUT2D eigenvalue weighted by molar-refractivity contribution is 6.30. The molecular formula is C14H18ClN. The maximum atomic E-state index is 5.96. The first-order valence-corrected chi connectivity index (χ1v) is 5.95. The lowest BCUT2D eigenvalue weighted by atomic mass is 10.0. The van der Waals surface area contributed by atoms with Crippen molar-refractivity contribution in [2.24, 2.45) is 0 Å². The fourth-order valence-electron chi connectivity index (χ4n) is 1.67. The van der Waals surface area contributed by atoms with Crippen molar-refractivity contribution in [1.82, 2.24) is 5.32 Å². The van der Waals surface area contributed by atoms with Crippen molar-refractivity contribution in [2.45, 2.75) is 32.2 Å². The summed E-state index contributed by atoms with van der Waals surface area (Å²) in [6.45, 7) is 1.88. The lowest BCUT2D eigenvalue weighted by Gasteiger charge is -2.14. The van der Waals surface area contributed by atoms with Crippen molar-refractivity contribution in [1.29, 1.82) is 0 Å². The first-order chi connectivity index (χ1) is 7.76. The molecule has 0 spiro atoms. The predicted octanol–water partition coefficient (Wildman–Crippen LogP) is 3.27. The lowest BCUT2D eigenvalue weighted by molar-refractivity contribution is 0.528. The van der Waals surface area contributed by atoms with Gasteiger partial charge >= 0.3 is 0 Å². The second kappa shape index (κ2) is 7.33. The summed E-state index contributed by atoms with van der Waals surface area (Å²) in [6.07, 6.45) is 3.02. The van der Waals surface area contributed by atoms with Crippen LogP contribution in [0.1, 0.15) is 25.3 Å². The molecule has 1 aromatic rings. The van der Waals surface area contributed by atoms with E-state index in [-0.39, 0.29) is 0 Å². The molecule has 1 rings (SSSR count). The first kappa shape index (κ1) is 13.1. The standard InChI is InChI=1S/C14H18ClN/c1-3-4-5-9-14(16-2)11-12-7-6-8-13(15)10-12/h6-8,10,14,16H,5,9,11H2,1-2H3. The fourth-order valence-corrected chi connectivity index (χ4v) is 1.88. The molecule has 1 N–H and O–H groups in total. The fraction of sp³-hybridized carbons (Fsp3) is 0.429.